The first kappa shape index (κ1) is 14.1. The van der Waals surface area contributed by atoms with E-state index in [9.17, 15) is 0 Å². The molecule has 0 unspecified atom stereocenters. The van der Waals surface area contributed by atoms with Gasteiger partial charge in [-0.3, -0.25) is 0 Å². The van der Waals surface area contributed by atoms with E-state index in [0.29, 0.717) is 5.92 Å². The molecule has 0 fully saturated rings. The number of anilines is 2. The van der Waals surface area contributed by atoms with Gasteiger partial charge in [-0.1, -0.05) is 13.8 Å². The summed E-state index contributed by atoms with van der Waals surface area (Å²) in [6.07, 6.45) is 3.72. The summed E-state index contributed by atoms with van der Waals surface area (Å²) in [5, 5.41) is 6.67. The van der Waals surface area contributed by atoms with Crippen molar-refractivity contribution in [3.8, 4) is 0 Å². The Labute approximate surface area is 108 Å². The molecule has 4 nitrogen and oxygen atoms in total. The van der Waals surface area contributed by atoms with E-state index in [1.165, 1.54) is 5.56 Å². The summed E-state index contributed by atoms with van der Waals surface area (Å²) >= 11 is 1.83. The molecule has 17 heavy (non-hydrogen) atoms. The number of nitrogens with one attached hydrogen (secondary N) is 2. The highest BCUT2D eigenvalue weighted by molar-refractivity contribution is 7.98. The lowest BCUT2D eigenvalue weighted by molar-refractivity contribution is 0.846. The molecule has 96 valence electrons. The van der Waals surface area contributed by atoms with Crippen LogP contribution in [0.5, 0.6) is 0 Å². The Morgan fingerprint density at radius 3 is 2.41 bits per heavy atom. The van der Waals surface area contributed by atoms with Crippen LogP contribution in [0, 0.1) is 0 Å². The SMILES string of the molecule is CCNc1ncnc(NCCSC)c1C(C)C. The predicted molar refractivity (Wildman–Crippen MR) is 77.2 cm³/mol. The van der Waals surface area contributed by atoms with Gasteiger partial charge in [0.2, 0.25) is 0 Å². The maximum atomic E-state index is 4.34. The fourth-order valence-corrected chi connectivity index (χ4v) is 1.97. The summed E-state index contributed by atoms with van der Waals surface area (Å²) < 4.78 is 0. The van der Waals surface area contributed by atoms with Crippen molar-refractivity contribution in [3.05, 3.63) is 11.9 Å². The predicted octanol–water partition coefficient (Wildman–Crippen LogP) is 2.81. The van der Waals surface area contributed by atoms with Gasteiger partial charge in [-0.2, -0.15) is 11.8 Å². The molecule has 5 heteroatoms. The molecular formula is C12H22N4S. The molecule has 0 aromatic carbocycles. The minimum atomic E-state index is 0.405. The number of nitrogens with zero attached hydrogens (tertiary/aromatic N) is 2. The van der Waals surface area contributed by atoms with Crippen molar-refractivity contribution < 1.29 is 0 Å². The quantitative estimate of drug-likeness (QED) is 0.733. The first-order chi connectivity index (χ1) is 8.20. The van der Waals surface area contributed by atoms with Crippen molar-refractivity contribution in [1.82, 2.24) is 9.97 Å². The van der Waals surface area contributed by atoms with Gasteiger partial charge < -0.3 is 10.6 Å². The monoisotopic (exact) mass is 254 g/mol. The van der Waals surface area contributed by atoms with Gasteiger partial charge in [0, 0.05) is 24.4 Å². The van der Waals surface area contributed by atoms with E-state index in [1.807, 2.05) is 11.8 Å². The van der Waals surface area contributed by atoms with Crippen molar-refractivity contribution in [2.45, 2.75) is 26.7 Å². The summed E-state index contributed by atoms with van der Waals surface area (Å²) in [5.41, 5.74) is 1.18. The molecule has 0 saturated carbocycles. The largest absolute Gasteiger partial charge is 0.370 e. The van der Waals surface area contributed by atoms with Gasteiger partial charge >= 0.3 is 0 Å². The van der Waals surface area contributed by atoms with Crippen LogP contribution >= 0.6 is 11.8 Å². The van der Waals surface area contributed by atoms with Crippen LogP contribution in [0.15, 0.2) is 6.33 Å². The molecular weight excluding hydrogens is 232 g/mol. The maximum Gasteiger partial charge on any atom is 0.135 e. The molecule has 2 N–H and O–H groups in total. The van der Waals surface area contributed by atoms with Gasteiger partial charge in [0.25, 0.3) is 0 Å². The zero-order chi connectivity index (χ0) is 12.7. The average molecular weight is 254 g/mol. The number of aromatic nitrogens is 2. The Morgan fingerprint density at radius 1 is 1.24 bits per heavy atom. The van der Waals surface area contributed by atoms with Crippen molar-refractivity contribution in [2.75, 3.05) is 35.7 Å². The Balaban J connectivity index is 2.90. The van der Waals surface area contributed by atoms with Gasteiger partial charge in [0.05, 0.1) is 0 Å². The number of rotatable bonds is 7. The second kappa shape index (κ2) is 7.37. The third-order valence-electron chi connectivity index (χ3n) is 2.40. The molecule has 1 rings (SSSR count). The van der Waals surface area contributed by atoms with E-state index in [4.69, 9.17) is 0 Å². The Bertz CT molecular complexity index is 341. The van der Waals surface area contributed by atoms with Gasteiger partial charge in [-0.15, -0.1) is 0 Å². The lowest BCUT2D eigenvalue weighted by atomic mass is 10.0. The number of hydrogen-bond donors (Lipinski definition) is 2. The summed E-state index contributed by atoms with van der Waals surface area (Å²) in [7, 11) is 0. The fraction of sp³-hybridized carbons (Fsp3) is 0.667. The third kappa shape index (κ3) is 4.07. The molecule has 0 radical (unpaired) electrons. The molecule has 0 aliphatic heterocycles. The maximum absolute atomic E-state index is 4.34. The summed E-state index contributed by atoms with van der Waals surface area (Å²) in [5.74, 6) is 3.39. The third-order valence-corrected chi connectivity index (χ3v) is 3.02. The van der Waals surface area contributed by atoms with Crippen LogP contribution in [-0.2, 0) is 0 Å². The Morgan fingerprint density at radius 2 is 1.88 bits per heavy atom. The van der Waals surface area contributed by atoms with E-state index in [2.05, 4.69) is 47.6 Å². The van der Waals surface area contributed by atoms with Crippen LogP contribution in [0.1, 0.15) is 32.3 Å². The van der Waals surface area contributed by atoms with Gasteiger partial charge in [0.15, 0.2) is 0 Å². The Kier molecular flexibility index (Phi) is 6.11. The van der Waals surface area contributed by atoms with E-state index < -0.39 is 0 Å². The number of hydrogen-bond acceptors (Lipinski definition) is 5. The topological polar surface area (TPSA) is 49.8 Å². The van der Waals surface area contributed by atoms with E-state index in [-0.39, 0.29) is 0 Å². The van der Waals surface area contributed by atoms with Crippen LogP contribution in [0.2, 0.25) is 0 Å². The van der Waals surface area contributed by atoms with E-state index >= 15 is 0 Å². The normalized spacial score (nSPS) is 10.6. The molecule has 0 atom stereocenters. The zero-order valence-electron chi connectivity index (χ0n) is 11.1. The van der Waals surface area contributed by atoms with Gasteiger partial charge in [0.1, 0.15) is 18.0 Å². The first-order valence-corrected chi connectivity index (χ1v) is 7.41. The smallest absolute Gasteiger partial charge is 0.135 e. The molecule has 0 bridgehead atoms. The summed E-state index contributed by atoms with van der Waals surface area (Å²) in [4.78, 5) is 8.65. The average Bonchev–Trinajstić information content (AvgIpc) is 2.29. The van der Waals surface area contributed by atoms with Crippen LogP contribution in [-0.4, -0.2) is 35.1 Å². The second-order valence-electron chi connectivity index (χ2n) is 4.09. The Hall–Kier alpha value is -0.970. The van der Waals surface area contributed by atoms with Crippen LogP contribution in [0.25, 0.3) is 0 Å². The highest BCUT2D eigenvalue weighted by Crippen LogP contribution is 2.27. The summed E-state index contributed by atoms with van der Waals surface area (Å²) in [6.45, 7) is 8.22. The van der Waals surface area contributed by atoms with Crippen LogP contribution in [0.4, 0.5) is 11.6 Å². The zero-order valence-corrected chi connectivity index (χ0v) is 11.9. The second-order valence-corrected chi connectivity index (χ2v) is 5.07. The van der Waals surface area contributed by atoms with Gasteiger partial charge in [-0.25, -0.2) is 9.97 Å². The highest BCUT2D eigenvalue weighted by Gasteiger charge is 2.13. The lowest BCUT2D eigenvalue weighted by Gasteiger charge is -2.17. The fourth-order valence-electron chi connectivity index (χ4n) is 1.66. The molecule has 0 aliphatic carbocycles. The number of thioether (sulfide) groups is 1. The van der Waals surface area contributed by atoms with Crippen LogP contribution < -0.4 is 10.6 Å². The van der Waals surface area contributed by atoms with Gasteiger partial charge in [-0.05, 0) is 19.1 Å². The molecule has 0 spiro atoms. The lowest BCUT2D eigenvalue weighted by Crippen LogP contribution is -2.12. The summed E-state index contributed by atoms with van der Waals surface area (Å²) in [6, 6.07) is 0. The van der Waals surface area contributed by atoms with E-state index in [1.54, 1.807) is 6.33 Å². The van der Waals surface area contributed by atoms with Crippen LogP contribution in [0.3, 0.4) is 0 Å². The molecule has 1 aromatic heterocycles. The van der Waals surface area contributed by atoms with Crippen molar-refractivity contribution in [3.63, 3.8) is 0 Å². The molecule has 0 amide bonds. The molecule has 0 saturated heterocycles. The van der Waals surface area contributed by atoms with Crippen molar-refractivity contribution in [2.24, 2.45) is 0 Å². The van der Waals surface area contributed by atoms with E-state index in [0.717, 1.165) is 30.5 Å². The first-order valence-electron chi connectivity index (χ1n) is 6.02. The van der Waals surface area contributed by atoms with Crippen molar-refractivity contribution in [1.29, 1.82) is 0 Å². The molecule has 1 aromatic rings. The minimum Gasteiger partial charge on any atom is -0.370 e. The van der Waals surface area contributed by atoms with Crippen molar-refractivity contribution >= 4 is 23.4 Å². The highest BCUT2D eigenvalue weighted by atomic mass is 32.2. The molecule has 1 heterocycles. The minimum absolute atomic E-state index is 0.405. The standard InChI is InChI=1S/C12H22N4S/c1-5-13-11-10(9(2)3)12(16-8-15-11)14-6-7-17-4/h8-9H,5-7H2,1-4H3,(H2,13,14,15,16). The molecule has 0 aliphatic rings.